The molecule has 1 heterocycles. The fourth-order valence-electron chi connectivity index (χ4n) is 1.68. The third-order valence-electron chi connectivity index (χ3n) is 2.94. The summed E-state index contributed by atoms with van der Waals surface area (Å²) in [5.74, 6) is 0.692. The Hall–Kier alpha value is -1.29. The van der Waals surface area contributed by atoms with Crippen LogP contribution < -0.4 is 5.32 Å². The van der Waals surface area contributed by atoms with Crippen LogP contribution >= 0.6 is 0 Å². The van der Waals surface area contributed by atoms with Gasteiger partial charge in [-0.05, 0) is 32.0 Å². The summed E-state index contributed by atoms with van der Waals surface area (Å²) in [5, 5.41) is 3.28. The molecule has 1 aromatic heterocycles. The highest BCUT2D eigenvalue weighted by atomic mass is 16.5. The van der Waals surface area contributed by atoms with Crippen molar-refractivity contribution < 1.29 is 13.9 Å². The molecule has 0 saturated heterocycles. The fraction of sp³-hybridized carbons (Fsp3) is 0.545. The molecule has 2 rings (SSSR count). The molecule has 0 unspecified atom stereocenters. The molecule has 1 saturated carbocycles. The summed E-state index contributed by atoms with van der Waals surface area (Å²) in [6.07, 6.45) is 3.16. The van der Waals surface area contributed by atoms with E-state index in [-0.39, 0.29) is 11.3 Å². The van der Waals surface area contributed by atoms with Crippen LogP contribution in [0.3, 0.4) is 0 Å². The third kappa shape index (κ3) is 2.04. The number of likely N-dealkylation sites (N-methyl/N-ethyl adjacent to an activating group) is 1. The van der Waals surface area contributed by atoms with Crippen LogP contribution in [-0.2, 0) is 11.2 Å². The highest BCUT2D eigenvalue weighted by Crippen LogP contribution is 2.38. The topological polar surface area (TPSA) is 51.5 Å². The van der Waals surface area contributed by atoms with Gasteiger partial charge in [0, 0.05) is 12.0 Å². The third-order valence-corrected chi connectivity index (χ3v) is 2.94. The molecule has 82 valence electrons. The lowest BCUT2D eigenvalue weighted by atomic mass is 10.1. The van der Waals surface area contributed by atoms with E-state index in [2.05, 4.69) is 10.1 Å². The van der Waals surface area contributed by atoms with E-state index in [4.69, 9.17) is 4.42 Å². The van der Waals surface area contributed by atoms with Gasteiger partial charge in [0.25, 0.3) is 0 Å². The molecule has 0 amide bonds. The Morgan fingerprint density at radius 1 is 1.60 bits per heavy atom. The largest absolute Gasteiger partial charge is 0.463 e. The van der Waals surface area contributed by atoms with Gasteiger partial charge in [-0.2, -0.15) is 0 Å². The lowest BCUT2D eigenvalue weighted by molar-refractivity contribution is 0.0562. The zero-order valence-electron chi connectivity index (χ0n) is 9.00. The molecule has 0 radical (unpaired) electrons. The van der Waals surface area contributed by atoms with Crippen molar-refractivity contribution in [3.63, 3.8) is 0 Å². The van der Waals surface area contributed by atoms with Gasteiger partial charge in [0.2, 0.25) is 5.76 Å². The van der Waals surface area contributed by atoms with E-state index in [0.717, 1.165) is 25.0 Å². The smallest absolute Gasteiger partial charge is 0.373 e. The Kier molecular flexibility index (Phi) is 2.52. The standard InChI is InChI=1S/C11H15NO3/c1-12-11(5-6-11)7-8-3-4-9(15-8)10(13)14-2/h3-4,12H,5-7H2,1-2H3. The molecule has 15 heavy (non-hydrogen) atoms. The van der Waals surface area contributed by atoms with Gasteiger partial charge in [-0.3, -0.25) is 0 Å². The number of hydrogen-bond acceptors (Lipinski definition) is 4. The minimum absolute atomic E-state index is 0.200. The number of furan rings is 1. The highest BCUT2D eigenvalue weighted by Gasteiger charge is 2.41. The molecule has 1 N–H and O–H groups in total. The summed E-state index contributed by atoms with van der Waals surface area (Å²) in [7, 11) is 3.30. The lowest BCUT2D eigenvalue weighted by Crippen LogP contribution is -2.29. The van der Waals surface area contributed by atoms with Crippen molar-refractivity contribution in [1.29, 1.82) is 0 Å². The van der Waals surface area contributed by atoms with Gasteiger partial charge in [-0.25, -0.2) is 4.79 Å². The van der Waals surface area contributed by atoms with E-state index in [1.54, 1.807) is 6.07 Å². The van der Waals surface area contributed by atoms with Crippen molar-refractivity contribution in [3.05, 3.63) is 23.7 Å². The summed E-state index contributed by atoms with van der Waals surface area (Å²) >= 11 is 0. The first kappa shape index (κ1) is 10.2. The van der Waals surface area contributed by atoms with Crippen LogP contribution in [0.15, 0.2) is 16.5 Å². The molecule has 0 spiro atoms. The molecule has 1 fully saturated rings. The van der Waals surface area contributed by atoms with Gasteiger partial charge >= 0.3 is 5.97 Å². The van der Waals surface area contributed by atoms with Crippen LogP contribution in [0.25, 0.3) is 0 Å². The predicted molar refractivity (Wildman–Crippen MR) is 54.8 cm³/mol. The second kappa shape index (κ2) is 3.70. The van der Waals surface area contributed by atoms with Crippen molar-refractivity contribution in [2.24, 2.45) is 0 Å². The van der Waals surface area contributed by atoms with Gasteiger partial charge in [-0.15, -0.1) is 0 Å². The molecule has 1 aliphatic rings. The van der Waals surface area contributed by atoms with E-state index >= 15 is 0 Å². The Bertz CT molecular complexity index is 366. The molecule has 0 aromatic carbocycles. The molecule has 0 bridgehead atoms. The van der Waals surface area contributed by atoms with Gasteiger partial charge in [0.05, 0.1) is 7.11 Å². The average Bonchev–Trinajstić information content (AvgIpc) is 2.87. The van der Waals surface area contributed by atoms with E-state index in [0.29, 0.717) is 0 Å². The summed E-state index contributed by atoms with van der Waals surface area (Å²) < 4.78 is 9.97. The SMILES string of the molecule is CNC1(Cc2ccc(C(=O)OC)o2)CC1. The summed E-state index contributed by atoms with van der Waals surface area (Å²) in [5.41, 5.74) is 0.200. The number of rotatable bonds is 4. The number of hydrogen-bond donors (Lipinski definition) is 1. The van der Waals surface area contributed by atoms with E-state index < -0.39 is 5.97 Å². The Morgan fingerprint density at radius 2 is 2.33 bits per heavy atom. The van der Waals surface area contributed by atoms with Crippen LogP contribution in [0, 0.1) is 0 Å². The first-order valence-electron chi connectivity index (χ1n) is 5.05. The number of esters is 1. The van der Waals surface area contributed by atoms with Gasteiger partial charge in [0.15, 0.2) is 0 Å². The number of ether oxygens (including phenoxy) is 1. The quantitative estimate of drug-likeness (QED) is 0.761. The monoisotopic (exact) mass is 209 g/mol. The van der Waals surface area contributed by atoms with Crippen LogP contribution in [-0.4, -0.2) is 25.7 Å². The molecule has 1 aromatic rings. The van der Waals surface area contributed by atoms with Crippen LogP contribution in [0.4, 0.5) is 0 Å². The maximum absolute atomic E-state index is 11.1. The highest BCUT2D eigenvalue weighted by molar-refractivity contribution is 5.86. The Balaban J connectivity index is 2.04. The molecule has 0 atom stereocenters. The molecule has 1 aliphatic carbocycles. The van der Waals surface area contributed by atoms with Gasteiger partial charge in [0.1, 0.15) is 5.76 Å². The Morgan fingerprint density at radius 3 is 2.87 bits per heavy atom. The Labute approximate surface area is 88.6 Å². The van der Waals surface area contributed by atoms with E-state index in [9.17, 15) is 4.79 Å². The molecule has 4 heteroatoms. The van der Waals surface area contributed by atoms with Crippen molar-refractivity contribution in [3.8, 4) is 0 Å². The maximum Gasteiger partial charge on any atom is 0.373 e. The normalized spacial score (nSPS) is 17.5. The zero-order valence-corrected chi connectivity index (χ0v) is 9.00. The van der Waals surface area contributed by atoms with Crippen LogP contribution in [0.2, 0.25) is 0 Å². The molecule has 4 nitrogen and oxygen atoms in total. The maximum atomic E-state index is 11.1. The minimum Gasteiger partial charge on any atom is -0.463 e. The second-order valence-corrected chi connectivity index (χ2v) is 3.96. The van der Waals surface area contributed by atoms with E-state index in [1.165, 1.54) is 7.11 Å². The molecular weight excluding hydrogens is 194 g/mol. The van der Waals surface area contributed by atoms with Crippen LogP contribution in [0.5, 0.6) is 0 Å². The van der Waals surface area contributed by atoms with Crippen LogP contribution in [0.1, 0.15) is 29.2 Å². The summed E-state index contributed by atoms with van der Waals surface area (Å²) in [6.45, 7) is 0. The van der Waals surface area contributed by atoms with Crippen molar-refractivity contribution in [2.75, 3.05) is 14.2 Å². The number of methoxy groups -OCH3 is 1. The second-order valence-electron chi connectivity index (χ2n) is 3.96. The van der Waals surface area contributed by atoms with E-state index in [1.807, 2.05) is 13.1 Å². The first-order valence-corrected chi connectivity index (χ1v) is 5.05. The molecule has 0 aliphatic heterocycles. The summed E-state index contributed by atoms with van der Waals surface area (Å²) in [4.78, 5) is 11.1. The fourth-order valence-corrected chi connectivity index (χ4v) is 1.68. The number of nitrogens with one attached hydrogen (secondary N) is 1. The average molecular weight is 209 g/mol. The first-order chi connectivity index (χ1) is 7.19. The number of carbonyl (C=O) groups is 1. The predicted octanol–water partition coefficient (Wildman–Crippen LogP) is 1.36. The van der Waals surface area contributed by atoms with Crippen molar-refractivity contribution in [1.82, 2.24) is 5.32 Å². The van der Waals surface area contributed by atoms with Crippen molar-refractivity contribution >= 4 is 5.97 Å². The lowest BCUT2D eigenvalue weighted by Gasteiger charge is -2.11. The summed E-state index contributed by atoms with van der Waals surface area (Å²) in [6, 6.07) is 3.50. The molecular formula is C11H15NO3. The zero-order chi connectivity index (χ0) is 10.9. The minimum atomic E-state index is -0.421. The van der Waals surface area contributed by atoms with Gasteiger partial charge < -0.3 is 14.5 Å². The van der Waals surface area contributed by atoms with Crippen molar-refractivity contribution in [2.45, 2.75) is 24.8 Å². The number of carbonyl (C=O) groups excluding carboxylic acids is 1. The van der Waals surface area contributed by atoms with Gasteiger partial charge in [-0.1, -0.05) is 0 Å².